The summed E-state index contributed by atoms with van der Waals surface area (Å²) in [5, 5.41) is 4.11. The molecule has 1 fully saturated rings. The fourth-order valence-electron chi connectivity index (χ4n) is 2.80. The molecule has 20 heavy (non-hydrogen) atoms. The van der Waals surface area contributed by atoms with Gasteiger partial charge < -0.3 is 10.2 Å². The maximum Gasteiger partial charge on any atom is 0.226 e. The van der Waals surface area contributed by atoms with E-state index in [-0.39, 0.29) is 17.9 Å². The molecule has 0 radical (unpaired) electrons. The highest BCUT2D eigenvalue weighted by molar-refractivity contribution is 6.30. The van der Waals surface area contributed by atoms with Crippen molar-refractivity contribution in [2.45, 2.75) is 38.8 Å². The van der Waals surface area contributed by atoms with Crippen molar-refractivity contribution in [2.24, 2.45) is 5.92 Å². The van der Waals surface area contributed by atoms with Gasteiger partial charge in [-0.2, -0.15) is 0 Å². The Labute approximate surface area is 126 Å². The number of nitrogens with one attached hydrogen (secondary N) is 1. The molecule has 1 saturated heterocycles. The summed E-state index contributed by atoms with van der Waals surface area (Å²) in [4.78, 5) is 14.5. The molecule has 1 unspecified atom stereocenters. The van der Waals surface area contributed by atoms with E-state index < -0.39 is 0 Å². The molecule has 3 atom stereocenters. The standard InChI is InChI=1S/C16H23ClN2O/c1-11-10-14(8-9-18-11)16(20)19(3)12(2)13-4-6-15(17)7-5-13/h4-7,11-12,14,18H,8-10H2,1-3H3/t11-,12?,14-/m0/s1. The lowest BCUT2D eigenvalue weighted by molar-refractivity contribution is -0.137. The second kappa shape index (κ2) is 6.59. The minimum Gasteiger partial charge on any atom is -0.339 e. The largest absolute Gasteiger partial charge is 0.339 e. The van der Waals surface area contributed by atoms with Gasteiger partial charge in [0.1, 0.15) is 0 Å². The minimum absolute atomic E-state index is 0.0740. The van der Waals surface area contributed by atoms with E-state index in [0.29, 0.717) is 6.04 Å². The Bertz CT molecular complexity index is 460. The van der Waals surface area contributed by atoms with Crippen LogP contribution in [0, 0.1) is 5.92 Å². The third-order valence-corrected chi connectivity index (χ3v) is 4.51. The molecule has 0 aromatic heterocycles. The van der Waals surface area contributed by atoms with Crippen LogP contribution in [0.25, 0.3) is 0 Å². The molecule has 110 valence electrons. The van der Waals surface area contributed by atoms with Crippen LogP contribution in [-0.2, 0) is 4.79 Å². The molecule has 0 aliphatic carbocycles. The topological polar surface area (TPSA) is 32.3 Å². The Morgan fingerprint density at radius 2 is 2.05 bits per heavy atom. The van der Waals surface area contributed by atoms with Crippen LogP contribution >= 0.6 is 11.6 Å². The van der Waals surface area contributed by atoms with Crippen LogP contribution in [-0.4, -0.2) is 30.4 Å². The van der Waals surface area contributed by atoms with Gasteiger partial charge >= 0.3 is 0 Å². The third-order valence-electron chi connectivity index (χ3n) is 4.25. The van der Waals surface area contributed by atoms with E-state index in [1.165, 1.54) is 0 Å². The number of rotatable bonds is 3. The quantitative estimate of drug-likeness (QED) is 0.928. The molecule has 0 bridgehead atoms. The van der Waals surface area contributed by atoms with Crippen LogP contribution in [0.1, 0.15) is 38.3 Å². The van der Waals surface area contributed by atoms with Crippen LogP contribution in [0.4, 0.5) is 0 Å². The Morgan fingerprint density at radius 1 is 1.40 bits per heavy atom. The number of nitrogens with zero attached hydrogens (tertiary/aromatic N) is 1. The summed E-state index contributed by atoms with van der Waals surface area (Å²) in [5.41, 5.74) is 1.12. The van der Waals surface area contributed by atoms with E-state index in [2.05, 4.69) is 19.2 Å². The molecule has 1 aliphatic rings. The van der Waals surface area contributed by atoms with Gasteiger partial charge in [-0.1, -0.05) is 23.7 Å². The lowest BCUT2D eigenvalue weighted by atomic mass is 9.91. The fourth-order valence-corrected chi connectivity index (χ4v) is 2.93. The van der Waals surface area contributed by atoms with Crippen LogP contribution < -0.4 is 5.32 Å². The van der Waals surface area contributed by atoms with Gasteiger partial charge in [-0.05, 0) is 50.9 Å². The van der Waals surface area contributed by atoms with Gasteiger partial charge in [0.25, 0.3) is 0 Å². The molecule has 1 heterocycles. The summed E-state index contributed by atoms with van der Waals surface area (Å²) in [6.07, 6.45) is 1.86. The van der Waals surface area contributed by atoms with E-state index in [9.17, 15) is 4.79 Å². The predicted octanol–water partition coefficient (Wildman–Crippen LogP) is 3.25. The number of hydrogen-bond donors (Lipinski definition) is 1. The van der Waals surface area contributed by atoms with Gasteiger partial charge in [0.05, 0.1) is 6.04 Å². The van der Waals surface area contributed by atoms with Crippen molar-refractivity contribution in [3.05, 3.63) is 34.9 Å². The molecular formula is C16H23ClN2O. The molecule has 1 aromatic carbocycles. The van der Waals surface area contributed by atoms with Crippen LogP contribution in [0.5, 0.6) is 0 Å². The Kier molecular flexibility index (Phi) is 5.06. The van der Waals surface area contributed by atoms with Gasteiger partial charge in [0.2, 0.25) is 5.91 Å². The summed E-state index contributed by atoms with van der Waals surface area (Å²) in [6, 6.07) is 8.22. The maximum atomic E-state index is 12.6. The molecule has 0 saturated carbocycles. The Hall–Kier alpha value is -1.06. The molecule has 0 spiro atoms. The molecule has 3 nitrogen and oxygen atoms in total. The van der Waals surface area contributed by atoms with E-state index in [0.717, 1.165) is 30.0 Å². The second-order valence-electron chi connectivity index (χ2n) is 5.75. The number of benzene rings is 1. The normalized spacial score (nSPS) is 24.2. The van der Waals surface area contributed by atoms with Crippen molar-refractivity contribution < 1.29 is 4.79 Å². The van der Waals surface area contributed by atoms with Crippen molar-refractivity contribution >= 4 is 17.5 Å². The molecular weight excluding hydrogens is 272 g/mol. The first-order chi connectivity index (χ1) is 9.49. The lowest BCUT2D eigenvalue weighted by Crippen LogP contribution is -2.43. The number of amides is 1. The highest BCUT2D eigenvalue weighted by atomic mass is 35.5. The summed E-state index contributed by atoms with van der Waals surface area (Å²) in [7, 11) is 1.90. The zero-order chi connectivity index (χ0) is 14.7. The smallest absolute Gasteiger partial charge is 0.226 e. The average Bonchev–Trinajstić information content (AvgIpc) is 2.46. The molecule has 1 amide bonds. The van der Waals surface area contributed by atoms with Crippen molar-refractivity contribution in [2.75, 3.05) is 13.6 Å². The Balaban J connectivity index is 2.03. The first-order valence-electron chi connectivity index (χ1n) is 7.24. The number of carbonyl (C=O) groups excluding carboxylic acids is 1. The summed E-state index contributed by atoms with van der Waals surface area (Å²) in [5.74, 6) is 0.395. The first-order valence-corrected chi connectivity index (χ1v) is 7.62. The van der Waals surface area contributed by atoms with Gasteiger partial charge in [0.15, 0.2) is 0 Å². The monoisotopic (exact) mass is 294 g/mol. The highest BCUT2D eigenvalue weighted by Gasteiger charge is 2.29. The zero-order valence-corrected chi connectivity index (χ0v) is 13.2. The fraction of sp³-hybridized carbons (Fsp3) is 0.562. The third kappa shape index (κ3) is 3.53. The summed E-state index contributed by atoms with van der Waals surface area (Å²) >= 11 is 5.91. The SMILES string of the molecule is CC(c1ccc(Cl)cc1)N(C)C(=O)[C@H]1CCN[C@@H](C)C1. The average molecular weight is 295 g/mol. The zero-order valence-electron chi connectivity index (χ0n) is 12.4. The van der Waals surface area contributed by atoms with Crippen molar-refractivity contribution in [3.63, 3.8) is 0 Å². The van der Waals surface area contributed by atoms with Crippen LogP contribution in [0.15, 0.2) is 24.3 Å². The van der Waals surface area contributed by atoms with Crippen molar-refractivity contribution in [1.29, 1.82) is 0 Å². The number of carbonyl (C=O) groups is 1. The Morgan fingerprint density at radius 3 is 2.65 bits per heavy atom. The summed E-state index contributed by atoms with van der Waals surface area (Å²) in [6.45, 7) is 5.13. The lowest BCUT2D eigenvalue weighted by Gasteiger charge is -2.33. The van der Waals surface area contributed by atoms with E-state index in [1.807, 2.05) is 36.2 Å². The minimum atomic E-state index is 0.0740. The number of piperidine rings is 1. The van der Waals surface area contributed by atoms with Gasteiger partial charge in [-0.15, -0.1) is 0 Å². The van der Waals surface area contributed by atoms with E-state index >= 15 is 0 Å². The van der Waals surface area contributed by atoms with Crippen LogP contribution in [0.2, 0.25) is 5.02 Å². The van der Waals surface area contributed by atoms with Gasteiger partial charge in [0, 0.05) is 24.0 Å². The second-order valence-corrected chi connectivity index (χ2v) is 6.19. The molecule has 1 aliphatic heterocycles. The highest BCUT2D eigenvalue weighted by Crippen LogP contribution is 2.25. The number of hydrogen-bond acceptors (Lipinski definition) is 2. The molecule has 4 heteroatoms. The molecule has 1 N–H and O–H groups in total. The predicted molar refractivity (Wildman–Crippen MR) is 82.8 cm³/mol. The molecule has 2 rings (SSSR count). The van der Waals surface area contributed by atoms with Gasteiger partial charge in [-0.3, -0.25) is 4.79 Å². The van der Waals surface area contributed by atoms with E-state index in [4.69, 9.17) is 11.6 Å². The van der Waals surface area contributed by atoms with Crippen molar-refractivity contribution in [1.82, 2.24) is 10.2 Å². The number of halogens is 1. The first kappa shape index (κ1) is 15.3. The van der Waals surface area contributed by atoms with E-state index in [1.54, 1.807) is 0 Å². The summed E-state index contributed by atoms with van der Waals surface area (Å²) < 4.78 is 0. The van der Waals surface area contributed by atoms with Gasteiger partial charge in [-0.25, -0.2) is 0 Å². The molecule has 1 aromatic rings. The maximum absolute atomic E-state index is 12.6. The van der Waals surface area contributed by atoms with Crippen molar-refractivity contribution in [3.8, 4) is 0 Å². The van der Waals surface area contributed by atoms with Crippen LogP contribution in [0.3, 0.4) is 0 Å².